The molecule has 10 heteroatoms. The van der Waals surface area contributed by atoms with Crippen molar-refractivity contribution < 1.29 is 8.42 Å². The number of sulfone groups is 1. The van der Waals surface area contributed by atoms with Crippen molar-refractivity contribution in [1.29, 1.82) is 5.41 Å². The lowest BCUT2D eigenvalue weighted by Gasteiger charge is -2.10. The SMILES string of the molecule is CSc1sc(C(=N)N)cc1S(=O)(=O)c1cnc(NCc2ccccc2)c(Br)c1. The Kier molecular flexibility index (Phi) is 6.43. The van der Waals surface area contributed by atoms with E-state index in [1.807, 2.05) is 30.3 Å². The van der Waals surface area contributed by atoms with E-state index in [2.05, 4.69) is 26.2 Å². The first-order valence-corrected chi connectivity index (χ1v) is 12.4. The summed E-state index contributed by atoms with van der Waals surface area (Å²) in [5.41, 5.74) is 6.61. The lowest BCUT2D eigenvalue weighted by molar-refractivity contribution is 0.594. The van der Waals surface area contributed by atoms with E-state index < -0.39 is 9.84 Å². The van der Waals surface area contributed by atoms with Gasteiger partial charge in [-0.05, 0) is 39.9 Å². The predicted octanol–water partition coefficient (Wildman–Crippen LogP) is 4.36. The van der Waals surface area contributed by atoms with Crippen LogP contribution < -0.4 is 11.1 Å². The number of thiophene rings is 1. The quantitative estimate of drug-likeness (QED) is 0.254. The molecular weight excluding hydrogens is 480 g/mol. The molecule has 6 nitrogen and oxygen atoms in total. The third-order valence-corrected chi connectivity index (χ3v) is 8.75. The minimum absolute atomic E-state index is 0.0767. The molecule has 3 rings (SSSR count). The smallest absolute Gasteiger partial charge is 0.210 e. The van der Waals surface area contributed by atoms with Crippen LogP contribution in [0.15, 0.2) is 67.1 Å². The molecule has 0 aliphatic carbocycles. The number of hydrogen-bond donors (Lipinski definition) is 3. The topological polar surface area (TPSA) is 109 Å². The lowest BCUT2D eigenvalue weighted by atomic mass is 10.2. The van der Waals surface area contributed by atoms with Crippen molar-refractivity contribution in [2.24, 2.45) is 5.73 Å². The highest BCUT2D eigenvalue weighted by Gasteiger charge is 2.26. The van der Waals surface area contributed by atoms with Crippen LogP contribution in [0.2, 0.25) is 0 Å². The summed E-state index contributed by atoms with van der Waals surface area (Å²) in [4.78, 5) is 4.93. The number of thioether (sulfide) groups is 1. The second-order valence-corrected chi connectivity index (χ2v) is 10.6. The molecule has 0 aliphatic rings. The van der Waals surface area contributed by atoms with Gasteiger partial charge in [0, 0.05) is 12.7 Å². The molecule has 0 radical (unpaired) electrons. The third kappa shape index (κ3) is 4.40. The molecule has 0 bridgehead atoms. The van der Waals surface area contributed by atoms with Crippen LogP contribution in [0, 0.1) is 5.41 Å². The number of rotatable bonds is 7. The average Bonchev–Trinajstić information content (AvgIpc) is 3.13. The lowest BCUT2D eigenvalue weighted by Crippen LogP contribution is -2.09. The Hall–Kier alpha value is -1.88. The number of nitrogens with two attached hydrogens (primary N) is 1. The van der Waals surface area contributed by atoms with Crippen molar-refractivity contribution in [1.82, 2.24) is 4.98 Å². The van der Waals surface area contributed by atoms with Gasteiger partial charge >= 0.3 is 0 Å². The van der Waals surface area contributed by atoms with Gasteiger partial charge in [0.25, 0.3) is 0 Å². The molecule has 1 aromatic carbocycles. The van der Waals surface area contributed by atoms with Gasteiger partial charge in [0.05, 0.1) is 23.4 Å². The van der Waals surface area contributed by atoms with Crippen LogP contribution in [0.3, 0.4) is 0 Å². The average molecular weight is 497 g/mol. The molecule has 28 heavy (non-hydrogen) atoms. The maximum absolute atomic E-state index is 13.1. The molecular formula is C18H17BrN4O2S3. The van der Waals surface area contributed by atoms with Crippen LogP contribution in [-0.4, -0.2) is 25.5 Å². The standard InChI is InChI=1S/C18H17BrN4O2S3/c1-26-18-15(8-14(27-18)16(20)21)28(24,25)12-7-13(19)17(23-10-12)22-9-11-5-3-2-4-6-11/h2-8,10H,9H2,1H3,(H3,20,21)(H,22,23). The van der Waals surface area contributed by atoms with Crippen LogP contribution in [-0.2, 0) is 16.4 Å². The van der Waals surface area contributed by atoms with Crippen LogP contribution in [0.4, 0.5) is 5.82 Å². The van der Waals surface area contributed by atoms with Gasteiger partial charge in [0.15, 0.2) is 0 Å². The van der Waals surface area contributed by atoms with Gasteiger partial charge in [-0.25, -0.2) is 13.4 Å². The monoisotopic (exact) mass is 496 g/mol. The zero-order valence-corrected chi connectivity index (χ0v) is 18.8. The molecule has 0 fully saturated rings. The van der Waals surface area contributed by atoms with Crippen LogP contribution >= 0.6 is 39.0 Å². The fourth-order valence-electron chi connectivity index (χ4n) is 2.43. The van der Waals surface area contributed by atoms with Crippen molar-refractivity contribution in [2.75, 3.05) is 11.6 Å². The summed E-state index contributed by atoms with van der Waals surface area (Å²) in [6.45, 7) is 0.571. The van der Waals surface area contributed by atoms with Gasteiger partial charge in [0.1, 0.15) is 11.7 Å². The molecule has 0 unspecified atom stereocenters. The number of amidine groups is 1. The van der Waals surface area contributed by atoms with Gasteiger partial charge < -0.3 is 11.1 Å². The number of pyridine rings is 1. The highest BCUT2D eigenvalue weighted by molar-refractivity contribution is 9.10. The highest BCUT2D eigenvalue weighted by Crippen LogP contribution is 2.37. The van der Waals surface area contributed by atoms with E-state index in [9.17, 15) is 8.42 Å². The molecule has 4 N–H and O–H groups in total. The number of benzene rings is 1. The van der Waals surface area contributed by atoms with E-state index in [4.69, 9.17) is 11.1 Å². The third-order valence-electron chi connectivity index (χ3n) is 3.84. The normalized spacial score (nSPS) is 11.4. The Morgan fingerprint density at radius 3 is 2.64 bits per heavy atom. The zero-order chi connectivity index (χ0) is 20.3. The van der Waals surface area contributed by atoms with E-state index in [0.717, 1.165) is 5.56 Å². The van der Waals surface area contributed by atoms with Crippen molar-refractivity contribution >= 4 is 60.5 Å². The van der Waals surface area contributed by atoms with Gasteiger partial charge in [-0.1, -0.05) is 30.3 Å². The van der Waals surface area contributed by atoms with E-state index in [1.165, 1.54) is 41.4 Å². The van der Waals surface area contributed by atoms with Crippen molar-refractivity contribution in [2.45, 2.75) is 20.5 Å². The Balaban J connectivity index is 1.89. The minimum Gasteiger partial charge on any atom is -0.383 e. The Bertz CT molecular complexity index is 1120. The maximum Gasteiger partial charge on any atom is 0.210 e. The molecule has 146 valence electrons. The Labute approximate surface area is 180 Å². The second-order valence-electron chi connectivity index (χ2n) is 5.72. The molecule has 0 saturated carbocycles. The molecule has 2 heterocycles. The van der Waals surface area contributed by atoms with Crippen LogP contribution in [0.1, 0.15) is 10.4 Å². The fourth-order valence-corrected chi connectivity index (χ4v) is 6.89. The van der Waals surface area contributed by atoms with Gasteiger partial charge in [-0.2, -0.15) is 0 Å². The van der Waals surface area contributed by atoms with Crippen molar-refractivity contribution in [3.63, 3.8) is 0 Å². The minimum atomic E-state index is -3.78. The summed E-state index contributed by atoms with van der Waals surface area (Å²) >= 11 is 5.91. The van der Waals surface area contributed by atoms with Crippen LogP contribution in [0.25, 0.3) is 0 Å². The maximum atomic E-state index is 13.1. The Morgan fingerprint density at radius 2 is 2.04 bits per heavy atom. The summed E-state index contributed by atoms with van der Waals surface area (Å²) in [6.07, 6.45) is 3.13. The van der Waals surface area contributed by atoms with E-state index in [-0.39, 0.29) is 15.6 Å². The molecule has 0 aliphatic heterocycles. The molecule has 0 amide bonds. The highest BCUT2D eigenvalue weighted by atomic mass is 79.9. The first-order chi connectivity index (χ1) is 13.3. The number of hydrogen-bond acceptors (Lipinski definition) is 7. The number of nitrogens with zero attached hydrogens (tertiary/aromatic N) is 1. The fraction of sp³-hybridized carbons (Fsp3) is 0.111. The molecule has 0 spiro atoms. The van der Waals surface area contributed by atoms with Gasteiger partial charge in [-0.3, -0.25) is 5.41 Å². The van der Waals surface area contributed by atoms with Crippen molar-refractivity contribution in [3.05, 3.63) is 63.6 Å². The number of nitrogen functional groups attached to an aromatic ring is 1. The zero-order valence-electron chi connectivity index (χ0n) is 14.8. The summed E-state index contributed by atoms with van der Waals surface area (Å²) in [5, 5.41) is 10.8. The van der Waals surface area contributed by atoms with E-state index in [1.54, 1.807) is 6.26 Å². The van der Waals surface area contributed by atoms with Crippen molar-refractivity contribution in [3.8, 4) is 0 Å². The van der Waals surface area contributed by atoms with Gasteiger partial charge in [-0.15, -0.1) is 23.1 Å². The summed E-state index contributed by atoms with van der Waals surface area (Å²) in [6, 6.07) is 12.8. The summed E-state index contributed by atoms with van der Waals surface area (Å²) in [7, 11) is -3.78. The molecule has 0 atom stereocenters. The number of anilines is 1. The Morgan fingerprint density at radius 1 is 1.32 bits per heavy atom. The molecule has 2 aromatic heterocycles. The van der Waals surface area contributed by atoms with Gasteiger partial charge in [0.2, 0.25) is 9.84 Å². The number of nitrogens with one attached hydrogen (secondary N) is 2. The molecule has 0 saturated heterocycles. The summed E-state index contributed by atoms with van der Waals surface area (Å²) in [5.74, 6) is 0.407. The largest absolute Gasteiger partial charge is 0.383 e. The molecule has 3 aromatic rings. The van der Waals surface area contributed by atoms with E-state index in [0.29, 0.717) is 25.9 Å². The number of aromatic nitrogens is 1. The first kappa shape index (κ1) is 20.8. The number of halogens is 1. The predicted molar refractivity (Wildman–Crippen MR) is 118 cm³/mol. The summed E-state index contributed by atoms with van der Waals surface area (Å²) < 4.78 is 27.3. The van der Waals surface area contributed by atoms with E-state index >= 15 is 0 Å². The second kappa shape index (κ2) is 8.64. The first-order valence-electron chi connectivity index (χ1n) is 8.03. The van der Waals surface area contributed by atoms with Crippen LogP contribution in [0.5, 0.6) is 0 Å².